The van der Waals surface area contributed by atoms with Gasteiger partial charge in [-0.3, -0.25) is 9.59 Å². The normalized spacial score (nSPS) is 18.0. The smallest absolute Gasteiger partial charge is 0.262 e. The first kappa shape index (κ1) is 23.4. The van der Waals surface area contributed by atoms with Crippen LogP contribution in [0, 0.1) is 19.8 Å². The summed E-state index contributed by atoms with van der Waals surface area (Å²) in [5.41, 5.74) is 2.00. The molecule has 0 radical (unpaired) electrons. The molecule has 2 amide bonds. The number of hydrogen-bond acceptors (Lipinski definition) is 5. The Kier molecular flexibility index (Phi) is 6.58. The molecule has 9 nitrogen and oxygen atoms in total. The number of piperidine rings is 1. The van der Waals surface area contributed by atoms with Gasteiger partial charge in [0.15, 0.2) is 5.03 Å². The van der Waals surface area contributed by atoms with Crippen molar-refractivity contribution in [3.8, 4) is 0 Å². The van der Waals surface area contributed by atoms with Crippen LogP contribution in [0.1, 0.15) is 47.4 Å². The molecule has 0 atom stereocenters. The average Bonchev–Trinajstić information content (AvgIpc) is 3.45. The molecule has 0 saturated carbocycles. The number of hydrogen-bond donors (Lipinski definition) is 1. The van der Waals surface area contributed by atoms with E-state index in [0.29, 0.717) is 29.9 Å². The lowest BCUT2D eigenvalue weighted by Gasteiger charge is -2.30. The first-order valence-corrected chi connectivity index (χ1v) is 12.8. The molecule has 0 aliphatic carbocycles. The third-order valence-corrected chi connectivity index (χ3v) is 8.50. The number of carbonyl (C=O) groups excluding carboxylic acids is 2. The molecule has 1 aromatic heterocycles. The average molecular weight is 474 g/mol. The number of carbonyl (C=O) groups is 2. The van der Waals surface area contributed by atoms with Gasteiger partial charge in [-0.25, -0.2) is 13.4 Å². The molecular formula is C23H31N5O4S. The summed E-state index contributed by atoms with van der Waals surface area (Å²) in [6, 6.07) is 5.39. The number of nitrogens with one attached hydrogen (secondary N) is 1. The second kappa shape index (κ2) is 9.26. The van der Waals surface area contributed by atoms with Gasteiger partial charge in [0.2, 0.25) is 5.91 Å². The highest BCUT2D eigenvalue weighted by Crippen LogP contribution is 2.27. The molecule has 0 spiro atoms. The number of imidazole rings is 1. The Morgan fingerprint density at radius 2 is 1.73 bits per heavy atom. The first-order valence-electron chi connectivity index (χ1n) is 11.4. The fourth-order valence-electron chi connectivity index (χ4n) is 4.47. The zero-order valence-electron chi connectivity index (χ0n) is 19.4. The van der Waals surface area contributed by atoms with Crippen LogP contribution in [0.4, 0.5) is 5.69 Å². The van der Waals surface area contributed by atoms with E-state index >= 15 is 0 Å². The van der Waals surface area contributed by atoms with E-state index in [0.717, 1.165) is 31.5 Å². The third-order valence-electron chi connectivity index (χ3n) is 6.73. The van der Waals surface area contributed by atoms with Crippen molar-refractivity contribution in [2.75, 3.05) is 31.5 Å². The largest absolute Gasteiger partial charge is 0.339 e. The summed E-state index contributed by atoms with van der Waals surface area (Å²) in [5.74, 6) is 0.196. The van der Waals surface area contributed by atoms with E-state index in [1.807, 2.05) is 11.8 Å². The van der Waals surface area contributed by atoms with E-state index in [4.69, 9.17) is 0 Å². The molecule has 2 fully saturated rings. The molecule has 33 heavy (non-hydrogen) atoms. The van der Waals surface area contributed by atoms with E-state index in [1.54, 1.807) is 36.7 Å². The number of amides is 2. The summed E-state index contributed by atoms with van der Waals surface area (Å²) < 4.78 is 28.9. The molecule has 178 valence electrons. The van der Waals surface area contributed by atoms with Gasteiger partial charge >= 0.3 is 0 Å². The van der Waals surface area contributed by atoms with Crippen LogP contribution < -0.4 is 5.32 Å². The third kappa shape index (κ3) is 4.67. The second-order valence-corrected chi connectivity index (χ2v) is 10.8. The van der Waals surface area contributed by atoms with Crippen LogP contribution in [0.3, 0.4) is 0 Å². The van der Waals surface area contributed by atoms with E-state index in [2.05, 4.69) is 10.3 Å². The molecule has 1 aromatic carbocycles. The summed E-state index contributed by atoms with van der Waals surface area (Å²) in [4.78, 5) is 31.8. The fourth-order valence-corrected chi connectivity index (χ4v) is 5.96. The van der Waals surface area contributed by atoms with Crippen molar-refractivity contribution >= 4 is 27.5 Å². The molecular weight excluding hydrogens is 442 g/mol. The molecule has 2 saturated heterocycles. The van der Waals surface area contributed by atoms with Crippen molar-refractivity contribution in [3.05, 3.63) is 41.3 Å². The number of benzene rings is 1. The Labute approximate surface area is 194 Å². The molecule has 0 bridgehead atoms. The summed E-state index contributed by atoms with van der Waals surface area (Å²) >= 11 is 0. The lowest BCUT2D eigenvalue weighted by molar-refractivity contribution is -0.120. The molecule has 3 heterocycles. The zero-order valence-corrected chi connectivity index (χ0v) is 20.2. The number of aryl methyl sites for hydroxylation is 2. The summed E-state index contributed by atoms with van der Waals surface area (Å²) in [6.07, 6.45) is 4.43. The van der Waals surface area contributed by atoms with Gasteiger partial charge in [-0.2, -0.15) is 4.31 Å². The zero-order chi connectivity index (χ0) is 23.8. The Balaban J connectivity index is 1.39. The van der Waals surface area contributed by atoms with Crippen molar-refractivity contribution in [3.63, 3.8) is 0 Å². The Morgan fingerprint density at radius 1 is 1.06 bits per heavy atom. The second-order valence-electron chi connectivity index (χ2n) is 8.88. The van der Waals surface area contributed by atoms with Gasteiger partial charge in [0.05, 0.1) is 0 Å². The lowest BCUT2D eigenvalue weighted by atomic mass is 9.96. The van der Waals surface area contributed by atoms with Crippen molar-refractivity contribution in [2.45, 2.75) is 44.6 Å². The highest BCUT2D eigenvalue weighted by atomic mass is 32.2. The van der Waals surface area contributed by atoms with Crippen LogP contribution in [0.15, 0.2) is 29.4 Å². The maximum absolute atomic E-state index is 12.9. The van der Waals surface area contributed by atoms with Gasteiger partial charge < -0.3 is 14.8 Å². The Morgan fingerprint density at radius 3 is 2.33 bits per heavy atom. The first-order chi connectivity index (χ1) is 15.7. The molecule has 4 rings (SSSR count). The van der Waals surface area contributed by atoms with Gasteiger partial charge in [0.1, 0.15) is 5.82 Å². The molecule has 10 heteroatoms. The van der Waals surface area contributed by atoms with Gasteiger partial charge in [-0.15, -0.1) is 0 Å². The molecule has 2 aromatic rings. The quantitative estimate of drug-likeness (QED) is 0.718. The standard InChI is InChI=1S/C23H31N5O4S/c1-16-19(23(30)27-11-4-5-12-27)7-6-8-20(16)25-22(29)18-9-13-28(14-10-18)33(31,32)21-15-26(3)17(2)24-21/h6-8,15,18H,4-5,9-14H2,1-3H3,(H,25,29). The number of nitrogens with zero attached hydrogens (tertiary/aromatic N) is 4. The minimum Gasteiger partial charge on any atom is -0.339 e. The lowest BCUT2D eigenvalue weighted by Crippen LogP contribution is -2.41. The van der Waals surface area contributed by atoms with Crippen molar-refractivity contribution in [2.24, 2.45) is 13.0 Å². The van der Waals surface area contributed by atoms with Crippen LogP contribution in [-0.2, 0) is 21.9 Å². The van der Waals surface area contributed by atoms with E-state index in [9.17, 15) is 18.0 Å². The van der Waals surface area contributed by atoms with E-state index in [1.165, 1.54) is 10.5 Å². The van der Waals surface area contributed by atoms with Crippen molar-refractivity contribution in [1.29, 1.82) is 0 Å². The Bertz CT molecular complexity index is 1140. The van der Waals surface area contributed by atoms with Crippen molar-refractivity contribution in [1.82, 2.24) is 18.8 Å². The topological polar surface area (TPSA) is 105 Å². The molecule has 0 unspecified atom stereocenters. The predicted molar refractivity (Wildman–Crippen MR) is 124 cm³/mol. The molecule has 2 aliphatic rings. The van der Waals surface area contributed by atoms with Gasteiger partial charge in [-0.1, -0.05) is 6.07 Å². The minimum atomic E-state index is -3.67. The van der Waals surface area contributed by atoms with Crippen LogP contribution in [0.2, 0.25) is 0 Å². The number of sulfonamides is 1. The van der Waals surface area contributed by atoms with Crippen molar-refractivity contribution < 1.29 is 18.0 Å². The fraction of sp³-hybridized carbons (Fsp3) is 0.522. The maximum Gasteiger partial charge on any atom is 0.262 e. The monoisotopic (exact) mass is 473 g/mol. The van der Waals surface area contributed by atoms with E-state index in [-0.39, 0.29) is 35.8 Å². The van der Waals surface area contributed by atoms with Gasteiger partial charge in [0.25, 0.3) is 15.9 Å². The van der Waals surface area contributed by atoms with Crippen LogP contribution in [0.5, 0.6) is 0 Å². The van der Waals surface area contributed by atoms with Gasteiger partial charge in [0, 0.05) is 56.6 Å². The van der Waals surface area contributed by atoms with Gasteiger partial charge in [-0.05, 0) is 57.2 Å². The molecule has 2 aliphatic heterocycles. The Hall–Kier alpha value is -2.72. The summed E-state index contributed by atoms with van der Waals surface area (Å²) in [6.45, 7) is 5.68. The highest BCUT2D eigenvalue weighted by Gasteiger charge is 2.34. The van der Waals surface area contributed by atoms with Crippen LogP contribution in [0.25, 0.3) is 0 Å². The number of rotatable bonds is 5. The maximum atomic E-state index is 12.9. The SMILES string of the molecule is Cc1c(NC(=O)C2CCN(S(=O)(=O)c3cn(C)c(C)n3)CC2)cccc1C(=O)N1CCCC1. The summed E-state index contributed by atoms with van der Waals surface area (Å²) in [7, 11) is -1.92. The molecule has 1 N–H and O–H groups in total. The number of aromatic nitrogens is 2. The summed E-state index contributed by atoms with van der Waals surface area (Å²) in [5, 5.41) is 3.01. The van der Waals surface area contributed by atoms with E-state index < -0.39 is 10.0 Å². The minimum absolute atomic E-state index is 0.00405. The number of likely N-dealkylation sites (tertiary alicyclic amines) is 1. The highest BCUT2D eigenvalue weighted by molar-refractivity contribution is 7.89. The van der Waals surface area contributed by atoms with Crippen LogP contribution >= 0.6 is 0 Å². The predicted octanol–water partition coefficient (Wildman–Crippen LogP) is 2.31. The van der Waals surface area contributed by atoms with Crippen LogP contribution in [-0.4, -0.2) is 65.2 Å². The number of anilines is 1.